The summed E-state index contributed by atoms with van der Waals surface area (Å²) in [6.45, 7) is 0. The van der Waals surface area contributed by atoms with Gasteiger partial charge < -0.3 is 20.1 Å². The van der Waals surface area contributed by atoms with Gasteiger partial charge in [-0.25, -0.2) is 0 Å². The van der Waals surface area contributed by atoms with Crippen LogP contribution in [-0.2, 0) is 0 Å². The Morgan fingerprint density at radius 3 is 1.14 bits per heavy atom. The van der Waals surface area contributed by atoms with Gasteiger partial charge in [0, 0.05) is 31.0 Å². The van der Waals surface area contributed by atoms with Crippen LogP contribution in [-0.4, -0.2) is 34.3 Å². The predicted molar refractivity (Wildman–Crippen MR) is 92.6 cm³/mol. The van der Waals surface area contributed by atoms with Crippen LogP contribution in [0.4, 0.5) is 0 Å². The highest BCUT2D eigenvalue weighted by molar-refractivity contribution is 6.63. The van der Waals surface area contributed by atoms with Gasteiger partial charge in [-0.15, -0.1) is 0 Å². The zero-order chi connectivity index (χ0) is 16.9. The summed E-state index contributed by atoms with van der Waals surface area (Å²) in [5.74, 6) is 0. The van der Waals surface area contributed by atoms with Gasteiger partial charge in [0.2, 0.25) is 0 Å². The van der Waals surface area contributed by atoms with Gasteiger partial charge in [-0.3, -0.25) is 0 Å². The highest BCUT2D eigenvalue weighted by Gasteiger charge is 2.15. The van der Waals surface area contributed by atoms with Crippen LogP contribution in [0.15, 0.2) is 36.4 Å². The van der Waals surface area contributed by atoms with E-state index >= 15 is 0 Å². The Hall–Kier alpha value is -0.430. The third-order valence-electron chi connectivity index (χ3n) is 2.48. The standard InChI is InChI=1S/2C6H5BCl2O2/c2*8-4-1-2-5(7(10)11)6(9)3-4/h2*1-3,10-11H. The van der Waals surface area contributed by atoms with Gasteiger partial charge >= 0.3 is 14.2 Å². The molecule has 2 aromatic carbocycles. The molecule has 0 saturated heterocycles. The molecular weight excluding hydrogens is 372 g/mol. The summed E-state index contributed by atoms with van der Waals surface area (Å²) in [6, 6.07) is 8.94. The Labute approximate surface area is 148 Å². The Balaban J connectivity index is 0.000000220. The molecule has 0 aromatic heterocycles. The van der Waals surface area contributed by atoms with E-state index in [1.54, 1.807) is 12.1 Å². The second kappa shape index (κ2) is 9.01. The smallest absolute Gasteiger partial charge is 0.423 e. The fraction of sp³-hybridized carbons (Fsp3) is 0. The molecule has 0 saturated carbocycles. The summed E-state index contributed by atoms with van der Waals surface area (Å²) < 4.78 is 0. The molecule has 4 N–H and O–H groups in total. The van der Waals surface area contributed by atoms with Crippen LogP contribution < -0.4 is 10.9 Å². The molecule has 22 heavy (non-hydrogen) atoms. The summed E-state index contributed by atoms with van der Waals surface area (Å²) in [7, 11) is -3.08. The van der Waals surface area contributed by atoms with Crippen molar-refractivity contribution in [2.45, 2.75) is 0 Å². The zero-order valence-electron chi connectivity index (χ0n) is 10.9. The SMILES string of the molecule is OB(O)c1ccc(Cl)cc1Cl.OB(O)c1ccc(Cl)cc1Cl. The molecule has 0 aliphatic carbocycles. The largest absolute Gasteiger partial charge is 0.489 e. The van der Waals surface area contributed by atoms with Crippen LogP contribution in [0.25, 0.3) is 0 Å². The average Bonchev–Trinajstić information content (AvgIpc) is 2.38. The van der Waals surface area contributed by atoms with Gasteiger partial charge in [-0.2, -0.15) is 0 Å². The Kier molecular flexibility index (Phi) is 8.03. The first-order valence-corrected chi connectivity index (χ1v) is 7.35. The van der Waals surface area contributed by atoms with Crippen molar-refractivity contribution < 1.29 is 20.1 Å². The van der Waals surface area contributed by atoms with E-state index in [9.17, 15) is 0 Å². The van der Waals surface area contributed by atoms with E-state index in [2.05, 4.69) is 0 Å². The molecule has 0 fully saturated rings. The molecule has 0 bridgehead atoms. The highest BCUT2D eigenvalue weighted by Crippen LogP contribution is 2.14. The molecule has 0 radical (unpaired) electrons. The summed E-state index contributed by atoms with van der Waals surface area (Å²) in [4.78, 5) is 0. The van der Waals surface area contributed by atoms with Crippen molar-refractivity contribution in [1.29, 1.82) is 0 Å². The molecule has 0 aliphatic heterocycles. The van der Waals surface area contributed by atoms with Crippen molar-refractivity contribution in [2.75, 3.05) is 0 Å². The van der Waals surface area contributed by atoms with Gasteiger partial charge in [0.15, 0.2) is 0 Å². The van der Waals surface area contributed by atoms with Crippen molar-refractivity contribution in [2.24, 2.45) is 0 Å². The molecule has 4 nitrogen and oxygen atoms in total. The summed E-state index contributed by atoms with van der Waals surface area (Å²) >= 11 is 22.4. The van der Waals surface area contributed by atoms with Crippen molar-refractivity contribution in [3.05, 3.63) is 56.5 Å². The van der Waals surface area contributed by atoms with Gasteiger partial charge in [-0.05, 0) is 24.3 Å². The first kappa shape index (κ1) is 19.6. The maximum Gasteiger partial charge on any atom is 0.489 e. The van der Waals surface area contributed by atoms with Gasteiger partial charge in [0.05, 0.1) is 0 Å². The number of halogens is 4. The quantitative estimate of drug-likeness (QED) is 0.592. The second-order valence-electron chi connectivity index (χ2n) is 4.08. The lowest BCUT2D eigenvalue weighted by atomic mass is 9.80. The highest BCUT2D eigenvalue weighted by atomic mass is 35.5. The topological polar surface area (TPSA) is 80.9 Å². The van der Waals surface area contributed by atoms with E-state index in [0.29, 0.717) is 10.0 Å². The van der Waals surface area contributed by atoms with Crippen molar-refractivity contribution >= 4 is 71.6 Å². The Bertz CT molecular complexity index is 585. The van der Waals surface area contributed by atoms with Gasteiger partial charge in [0.25, 0.3) is 0 Å². The summed E-state index contributed by atoms with van der Waals surface area (Å²) in [6.07, 6.45) is 0. The van der Waals surface area contributed by atoms with Crippen molar-refractivity contribution in [3.8, 4) is 0 Å². The van der Waals surface area contributed by atoms with E-state index in [1.807, 2.05) is 0 Å². The van der Waals surface area contributed by atoms with Crippen LogP contribution in [0.2, 0.25) is 20.1 Å². The zero-order valence-corrected chi connectivity index (χ0v) is 13.9. The minimum Gasteiger partial charge on any atom is -0.423 e. The first-order chi connectivity index (χ1) is 10.2. The molecule has 0 spiro atoms. The lowest BCUT2D eigenvalue weighted by Gasteiger charge is -2.01. The van der Waals surface area contributed by atoms with Crippen molar-refractivity contribution in [3.63, 3.8) is 0 Å². The number of hydrogen-bond donors (Lipinski definition) is 4. The molecule has 2 aromatic rings. The van der Waals surface area contributed by atoms with E-state index in [1.165, 1.54) is 24.3 Å². The normalized spacial score (nSPS) is 9.82. The van der Waals surface area contributed by atoms with E-state index in [-0.39, 0.29) is 21.0 Å². The van der Waals surface area contributed by atoms with Crippen LogP contribution >= 0.6 is 46.4 Å². The minimum atomic E-state index is -1.54. The third-order valence-corrected chi connectivity index (χ3v) is 3.61. The number of hydrogen-bond acceptors (Lipinski definition) is 4. The molecule has 0 unspecified atom stereocenters. The van der Waals surface area contributed by atoms with Crippen LogP contribution in [0.1, 0.15) is 0 Å². The molecule has 2 rings (SSSR count). The number of benzene rings is 2. The predicted octanol–water partition coefficient (Wildman–Crippen LogP) is 1.35. The Morgan fingerprint density at radius 2 is 0.909 bits per heavy atom. The fourth-order valence-electron chi connectivity index (χ4n) is 1.42. The third kappa shape index (κ3) is 5.99. The molecule has 116 valence electrons. The molecule has 10 heteroatoms. The van der Waals surface area contributed by atoms with E-state index in [4.69, 9.17) is 66.5 Å². The Morgan fingerprint density at radius 1 is 0.591 bits per heavy atom. The van der Waals surface area contributed by atoms with Gasteiger partial charge in [-0.1, -0.05) is 58.5 Å². The lowest BCUT2D eigenvalue weighted by molar-refractivity contribution is 0.424. The monoisotopic (exact) mass is 380 g/mol. The van der Waals surface area contributed by atoms with Crippen molar-refractivity contribution in [1.82, 2.24) is 0 Å². The lowest BCUT2D eigenvalue weighted by Crippen LogP contribution is -2.30. The molecule has 0 heterocycles. The summed E-state index contributed by atoms with van der Waals surface area (Å²) in [5, 5.41) is 36.4. The van der Waals surface area contributed by atoms with E-state index in [0.717, 1.165) is 0 Å². The van der Waals surface area contributed by atoms with Crippen LogP contribution in [0.3, 0.4) is 0 Å². The first-order valence-electron chi connectivity index (χ1n) is 5.84. The van der Waals surface area contributed by atoms with Crippen LogP contribution in [0.5, 0.6) is 0 Å². The molecule has 0 atom stereocenters. The second-order valence-corrected chi connectivity index (χ2v) is 5.77. The van der Waals surface area contributed by atoms with Gasteiger partial charge in [0.1, 0.15) is 0 Å². The fourth-order valence-corrected chi connectivity index (χ4v) is 2.43. The summed E-state index contributed by atoms with van der Waals surface area (Å²) in [5.41, 5.74) is 0.520. The maximum absolute atomic E-state index is 8.72. The number of rotatable bonds is 2. The molecular formula is C12H10B2Cl4O4. The molecule has 0 amide bonds. The minimum absolute atomic E-state index is 0.257. The average molecular weight is 382 g/mol. The van der Waals surface area contributed by atoms with E-state index < -0.39 is 14.2 Å². The van der Waals surface area contributed by atoms with Crippen LogP contribution in [0, 0.1) is 0 Å². The maximum atomic E-state index is 8.72. The molecule has 0 aliphatic rings.